The Balaban J connectivity index is 2.18. The third-order valence-electron chi connectivity index (χ3n) is 3.19. The van der Waals surface area contributed by atoms with Crippen LogP contribution in [-0.2, 0) is 6.54 Å². The van der Waals surface area contributed by atoms with Crippen molar-refractivity contribution < 1.29 is 18.0 Å². The van der Waals surface area contributed by atoms with Crippen molar-refractivity contribution in [3.05, 3.63) is 51.8 Å². The van der Waals surface area contributed by atoms with Gasteiger partial charge in [0.1, 0.15) is 11.7 Å². The number of amides is 1. The predicted octanol–water partition coefficient (Wildman–Crippen LogP) is 3.49. The Morgan fingerprint density at radius 1 is 1.26 bits per heavy atom. The molecule has 0 saturated heterocycles. The van der Waals surface area contributed by atoms with Crippen LogP contribution in [0.15, 0.2) is 24.3 Å². The smallest absolute Gasteiger partial charge is 0.343 e. The van der Waals surface area contributed by atoms with Gasteiger partial charge in [-0.3, -0.25) is 4.79 Å². The molecule has 0 aliphatic rings. The van der Waals surface area contributed by atoms with Crippen molar-refractivity contribution in [2.45, 2.75) is 26.6 Å². The first-order chi connectivity index (χ1) is 10.7. The molecule has 0 unspecified atom stereocenters. The van der Waals surface area contributed by atoms with Gasteiger partial charge < -0.3 is 5.32 Å². The quantitative estimate of drug-likeness (QED) is 0.922. The van der Waals surface area contributed by atoms with Crippen LogP contribution in [0.3, 0.4) is 0 Å². The summed E-state index contributed by atoms with van der Waals surface area (Å²) in [5, 5.41) is 5.96. The summed E-state index contributed by atoms with van der Waals surface area (Å²) in [6.45, 7) is 2.40. The molecule has 0 aliphatic carbocycles. The van der Waals surface area contributed by atoms with E-state index < -0.39 is 18.6 Å². The van der Waals surface area contributed by atoms with E-state index in [1.54, 1.807) is 5.32 Å². The van der Waals surface area contributed by atoms with Crippen LogP contribution < -0.4 is 5.32 Å². The van der Waals surface area contributed by atoms with Crippen LogP contribution in [0, 0.1) is 13.8 Å². The lowest BCUT2D eigenvalue weighted by molar-refractivity contribution is -0.123. The van der Waals surface area contributed by atoms with Gasteiger partial charge in [0.2, 0.25) is 0 Å². The van der Waals surface area contributed by atoms with Crippen LogP contribution >= 0.6 is 11.6 Å². The van der Waals surface area contributed by atoms with Gasteiger partial charge in [0.25, 0.3) is 5.91 Å². The average molecular weight is 346 g/mol. The summed E-state index contributed by atoms with van der Waals surface area (Å²) in [5.41, 5.74) is 2.26. The van der Waals surface area contributed by atoms with Crippen molar-refractivity contribution in [1.29, 1.82) is 0 Å². The lowest BCUT2D eigenvalue weighted by Crippen LogP contribution is -2.34. The molecular weight excluding hydrogens is 331 g/mol. The molecule has 0 aliphatic heterocycles. The highest BCUT2D eigenvalue weighted by Gasteiger charge is 2.29. The first-order valence-electron chi connectivity index (χ1n) is 6.81. The summed E-state index contributed by atoms with van der Waals surface area (Å²) < 4.78 is 38.0. The van der Waals surface area contributed by atoms with E-state index in [0.29, 0.717) is 6.54 Å². The van der Waals surface area contributed by atoms with E-state index in [9.17, 15) is 18.0 Å². The van der Waals surface area contributed by atoms with Crippen molar-refractivity contribution >= 4 is 17.5 Å². The number of halogens is 4. The summed E-state index contributed by atoms with van der Waals surface area (Å²) in [4.78, 5) is 11.9. The van der Waals surface area contributed by atoms with Gasteiger partial charge in [-0.05, 0) is 19.4 Å². The number of aromatic nitrogens is 2. The lowest BCUT2D eigenvalue weighted by Gasteiger charge is -2.08. The van der Waals surface area contributed by atoms with Gasteiger partial charge in [-0.25, -0.2) is 4.68 Å². The minimum absolute atomic E-state index is 0.0164. The van der Waals surface area contributed by atoms with Crippen LogP contribution in [0.4, 0.5) is 13.2 Å². The van der Waals surface area contributed by atoms with E-state index in [1.807, 2.05) is 31.2 Å². The molecule has 23 heavy (non-hydrogen) atoms. The highest BCUT2D eigenvalue weighted by atomic mass is 35.5. The number of carbonyl (C=O) groups is 1. The zero-order valence-corrected chi connectivity index (χ0v) is 13.3. The monoisotopic (exact) mass is 345 g/mol. The zero-order chi connectivity index (χ0) is 17.2. The molecule has 2 aromatic rings. The average Bonchev–Trinajstić information content (AvgIpc) is 2.73. The van der Waals surface area contributed by atoms with Gasteiger partial charge in [0, 0.05) is 0 Å². The lowest BCUT2D eigenvalue weighted by atomic mass is 10.1. The molecule has 0 spiro atoms. The molecule has 124 valence electrons. The van der Waals surface area contributed by atoms with Gasteiger partial charge in [0.05, 0.1) is 17.8 Å². The number of hydrogen-bond donors (Lipinski definition) is 1. The Hall–Kier alpha value is -2.02. The molecule has 0 fully saturated rings. The van der Waals surface area contributed by atoms with Crippen molar-refractivity contribution in [2.75, 3.05) is 6.54 Å². The van der Waals surface area contributed by atoms with Gasteiger partial charge in [-0.15, -0.1) is 0 Å². The van der Waals surface area contributed by atoms with Gasteiger partial charge in [-0.1, -0.05) is 41.4 Å². The second-order valence-corrected chi connectivity index (χ2v) is 5.55. The van der Waals surface area contributed by atoms with E-state index in [2.05, 4.69) is 5.10 Å². The van der Waals surface area contributed by atoms with E-state index in [0.717, 1.165) is 11.1 Å². The normalized spacial score (nSPS) is 11.6. The Kier molecular flexibility index (Phi) is 4.99. The molecule has 1 amide bonds. The fraction of sp³-hybridized carbons (Fsp3) is 0.333. The van der Waals surface area contributed by atoms with Crippen molar-refractivity contribution in [2.24, 2.45) is 0 Å². The molecule has 0 radical (unpaired) electrons. The summed E-state index contributed by atoms with van der Waals surface area (Å²) in [7, 11) is 0. The zero-order valence-electron chi connectivity index (χ0n) is 12.5. The molecule has 1 aromatic heterocycles. The molecule has 1 N–H and O–H groups in total. The Morgan fingerprint density at radius 3 is 2.43 bits per heavy atom. The maximum Gasteiger partial charge on any atom is 0.405 e. The second kappa shape index (κ2) is 6.62. The molecule has 4 nitrogen and oxygen atoms in total. The topological polar surface area (TPSA) is 46.9 Å². The molecule has 1 heterocycles. The Morgan fingerprint density at radius 2 is 1.87 bits per heavy atom. The number of nitrogens with one attached hydrogen (secondary N) is 1. The van der Waals surface area contributed by atoms with Gasteiger partial charge in [0.15, 0.2) is 0 Å². The standard InChI is InChI=1S/C15H15ClF3N3O/c1-9-3-5-11(6-4-9)7-22-13(16)12(10(2)21-22)14(23)20-8-15(17,18)19/h3-6H,7-8H2,1-2H3,(H,20,23). The summed E-state index contributed by atoms with van der Waals surface area (Å²) >= 11 is 6.11. The fourth-order valence-corrected chi connectivity index (χ4v) is 2.37. The molecular formula is C15H15ClF3N3O. The molecule has 8 heteroatoms. The van der Waals surface area contributed by atoms with E-state index in [4.69, 9.17) is 11.6 Å². The molecule has 0 saturated carbocycles. The minimum Gasteiger partial charge on any atom is -0.343 e. The largest absolute Gasteiger partial charge is 0.405 e. The number of nitrogens with zero attached hydrogens (tertiary/aromatic N) is 2. The maximum absolute atomic E-state index is 12.2. The molecule has 0 atom stereocenters. The number of rotatable bonds is 4. The van der Waals surface area contributed by atoms with E-state index in [1.165, 1.54) is 11.6 Å². The number of carbonyl (C=O) groups excluding carboxylic acids is 1. The van der Waals surface area contributed by atoms with Crippen LogP contribution in [0.2, 0.25) is 5.15 Å². The number of hydrogen-bond acceptors (Lipinski definition) is 2. The van der Waals surface area contributed by atoms with E-state index in [-0.39, 0.29) is 16.4 Å². The molecule has 0 bridgehead atoms. The van der Waals surface area contributed by atoms with Crippen LogP contribution in [0.1, 0.15) is 27.2 Å². The van der Waals surface area contributed by atoms with E-state index >= 15 is 0 Å². The number of benzene rings is 1. The Labute approximate surface area is 136 Å². The first kappa shape index (κ1) is 17.3. The van der Waals surface area contributed by atoms with Gasteiger partial charge in [-0.2, -0.15) is 18.3 Å². The predicted molar refractivity (Wildman–Crippen MR) is 80.6 cm³/mol. The van der Waals surface area contributed by atoms with Crippen molar-refractivity contribution in [1.82, 2.24) is 15.1 Å². The maximum atomic E-state index is 12.2. The summed E-state index contributed by atoms with van der Waals surface area (Å²) in [6, 6.07) is 7.64. The Bertz CT molecular complexity index is 708. The number of aryl methyl sites for hydroxylation is 2. The first-order valence-corrected chi connectivity index (χ1v) is 7.18. The molecule has 2 rings (SSSR count). The van der Waals surface area contributed by atoms with Crippen LogP contribution in [0.5, 0.6) is 0 Å². The number of alkyl halides is 3. The summed E-state index contributed by atoms with van der Waals surface area (Å²) in [5.74, 6) is -0.889. The third kappa shape index (κ3) is 4.48. The highest BCUT2D eigenvalue weighted by Crippen LogP contribution is 2.21. The SMILES string of the molecule is Cc1ccc(Cn2nc(C)c(C(=O)NCC(F)(F)F)c2Cl)cc1. The fourth-order valence-electron chi connectivity index (χ4n) is 2.05. The third-order valence-corrected chi connectivity index (χ3v) is 3.58. The summed E-state index contributed by atoms with van der Waals surface area (Å²) in [6.07, 6.45) is -4.48. The highest BCUT2D eigenvalue weighted by molar-refractivity contribution is 6.33. The van der Waals surface area contributed by atoms with Crippen LogP contribution in [-0.4, -0.2) is 28.4 Å². The minimum atomic E-state index is -4.48. The van der Waals surface area contributed by atoms with Crippen molar-refractivity contribution in [3.8, 4) is 0 Å². The molecule has 1 aromatic carbocycles. The second-order valence-electron chi connectivity index (χ2n) is 5.19. The van der Waals surface area contributed by atoms with Gasteiger partial charge >= 0.3 is 6.18 Å². The van der Waals surface area contributed by atoms with Crippen LogP contribution in [0.25, 0.3) is 0 Å². The van der Waals surface area contributed by atoms with Crippen molar-refractivity contribution in [3.63, 3.8) is 0 Å².